The molecule has 4 aliphatic rings. The Bertz CT molecular complexity index is 712. The lowest BCUT2D eigenvalue weighted by Gasteiger charge is -2.58. The van der Waals surface area contributed by atoms with Crippen molar-refractivity contribution in [3.63, 3.8) is 0 Å². The minimum atomic E-state index is -0.446. The third-order valence-electron chi connectivity index (χ3n) is 6.41. The zero-order chi connectivity index (χ0) is 19.6. The highest BCUT2D eigenvalue weighted by Crippen LogP contribution is 2.64. The number of amides is 1. The molecule has 0 radical (unpaired) electrons. The lowest BCUT2D eigenvalue weighted by atomic mass is 9.49. The molecule has 4 aliphatic carbocycles. The average Bonchev–Trinajstić information content (AvgIpc) is 2.64. The Morgan fingerprint density at radius 2 is 1.86 bits per heavy atom. The summed E-state index contributed by atoms with van der Waals surface area (Å²) in [5.41, 5.74) is -0.446. The van der Waals surface area contributed by atoms with Gasteiger partial charge in [0.05, 0.1) is 5.41 Å². The molecule has 4 bridgehead atoms. The normalized spacial score (nSPS) is 32.9. The van der Waals surface area contributed by atoms with Crippen molar-refractivity contribution in [1.29, 1.82) is 0 Å². The van der Waals surface area contributed by atoms with Gasteiger partial charge in [0.2, 0.25) is 0 Å². The van der Waals surface area contributed by atoms with Gasteiger partial charge in [-0.05, 0) is 74.7 Å². The van der Waals surface area contributed by atoms with Gasteiger partial charge in [-0.1, -0.05) is 18.2 Å². The number of nitrogens with one attached hydrogen (secondary N) is 1. The number of rotatable bonds is 8. The predicted molar refractivity (Wildman–Crippen MR) is 111 cm³/mol. The third-order valence-corrected chi connectivity index (χ3v) is 7.95. The summed E-state index contributed by atoms with van der Waals surface area (Å²) in [4.78, 5) is 25.9. The first kappa shape index (κ1) is 20.1. The highest BCUT2D eigenvalue weighted by atomic mass is 35.5. The van der Waals surface area contributed by atoms with Gasteiger partial charge in [0.15, 0.2) is 6.61 Å². The number of hydrogen-bond donors (Lipinski definition) is 1. The summed E-state index contributed by atoms with van der Waals surface area (Å²) < 4.78 is 5.45. The predicted octanol–water partition coefficient (Wildman–Crippen LogP) is 4.41. The molecule has 6 heteroatoms. The zero-order valence-electron chi connectivity index (χ0n) is 16.1. The second-order valence-corrected chi connectivity index (χ2v) is 10.8. The van der Waals surface area contributed by atoms with Crippen LogP contribution in [0.5, 0.6) is 0 Å². The van der Waals surface area contributed by atoms with Crippen molar-refractivity contribution >= 4 is 35.2 Å². The molecule has 4 fully saturated rings. The van der Waals surface area contributed by atoms with E-state index in [1.807, 2.05) is 18.2 Å². The molecule has 152 valence electrons. The van der Waals surface area contributed by atoms with Crippen molar-refractivity contribution in [1.82, 2.24) is 5.32 Å². The van der Waals surface area contributed by atoms with Gasteiger partial charge in [0.25, 0.3) is 5.91 Å². The molecule has 2 unspecified atom stereocenters. The van der Waals surface area contributed by atoms with E-state index in [0.717, 1.165) is 37.9 Å². The van der Waals surface area contributed by atoms with E-state index >= 15 is 0 Å². The molecule has 1 aromatic carbocycles. The van der Waals surface area contributed by atoms with Crippen molar-refractivity contribution in [3.8, 4) is 0 Å². The van der Waals surface area contributed by atoms with Crippen LogP contribution in [0, 0.1) is 17.3 Å². The molecular weight excluding hydrogens is 394 g/mol. The van der Waals surface area contributed by atoms with Crippen LogP contribution in [-0.4, -0.2) is 35.7 Å². The fourth-order valence-electron chi connectivity index (χ4n) is 5.73. The molecule has 1 N–H and O–H groups in total. The number of esters is 1. The van der Waals surface area contributed by atoms with E-state index in [2.05, 4.69) is 17.4 Å². The van der Waals surface area contributed by atoms with E-state index in [0.29, 0.717) is 24.8 Å². The van der Waals surface area contributed by atoms with Crippen LogP contribution in [0.3, 0.4) is 0 Å². The minimum Gasteiger partial charge on any atom is -0.455 e. The number of ether oxygens (including phenoxy) is 1. The van der Waals surface area contributed by atoms with Crippen molar-refractivity contribution < 1.29 is 14.3 Å². The molecule has 28 heavy (non-hydrogen) atoms. The molecule has 1 aromatic rings. The Labute approximate surface area is 176 Å². The maximum Gasteiger partial charge on any atom is 0.312 e. The maximum absolute atomic E-state index is 12.8. The summed E-state index contributed by atoms with van der Waals surface area (Å²) in [6.45, 7) is 0.410. The third kappa shape index (κ3) is 4.51. The summed E-state index contributed by atoms with van der Waals surface area (Å²) >= 11 is 8.55. The van der Waals surface area contributed by atoms with E-state index in [4.69, 9.17) is 16.3 Å². The molecule has 0 heterocycles. The molecule has 0 saturated heterocycles. The zero-order valence-corrected chi connectivity index (χ0v) is 17.7. The molecule has 4 saturated carbocycles. The van der Waals surface area contributed by atoms with E-state index in [1.165, 1.54) is 11.3 Å². The van der Waals surface area contributed by atoms with Gasteiger partial charge in [-0.2, -0.15) is 0 Å². The quantitative estimate of drug-likeness (QED) is 0.292. The van der Waals surface area contributed by atoms with Crippen LogP contribution in [0.4, 0.5) is 0 Å². The Balaban J connectivity index is 1.16. The van der Waals surface area contributed by atoms with Gasteiger partial charge in [-0.25, -0.2) is 0 Å². The lowest BCUT2D eigenvalue weighted by Crippen LogP contribution is -2.56. The van der Waals surface area contributed by atoms with Crippen molar-refractivity contribution in [2.75, 3.05) is 18.9 Å². The fraction of sp³-hybridized carbons (Fsp3) is 0.636. The van der Waals surface area contributed by atoms with E-state index in [-0.39, 0.29) is 23.4 Å². The first-order valence-electron chi connectivity index (χ1n) is 10.3. The highest BCUT2D eigenvalue weighted by Gasteiger charge is 2.60. The van der Waals surface area contributed by atoms with Crippen molar-refractivity contribution in [2.24, 2.45) is 17.3 Å². The Morgan fingerprint density at radius 1 is 1.14 bits per heavy atom. The van der Waals surface area contributed by atoms with Crippen LogP contribution < -0.4 is 5.32 Å². The van der Waals surface area contributed by atoms with Gasteiger partial charge in [-0.3, -0.25) is 9.59 Å². The number of carbonyl (C=O) groups is 2. The van der Waals surface area contributed by atoms with Gasteiger partial charge in [0.1, 0.15) is 0 Å². The van der Waals surface area contributed by atoms with E-state index in [1.54, 1.807) is 11.8 Å². The summed E-state index contributed by atoms with van der Waals surface area (Å²) in [7, 11) is 0. The van der Waals surface area contributed by atoms with Crippen LogP contribution in [0.1, 0.15) is 44.9 Å². The first-order chi connectivity index (χ1) is 13.5. The maximum atomic E-state index is 12.8. The smallest absolute Gasteiger partial charge is 0.312 e. The van der Waals surface area contributed by atoms with Crippen molar-refractivity contribution in [3.05, 3.63) is 30.3 Å². The molecule has 0 spiro atoms. The molecular formula is C22H28ClNO3S. The average molecular weight is 422 g/mol. The first-order valence-corrected chi connectivity index (χ1v) is 11.6. The van der Waals surface area contributed by atoms with E-state index in [9.17, 15) is 9.59 Å². The van der Waals surface area contributed by atoms with Gasteiger partial charge >= 0.3 is 5.97 Å². The number of alkyl halides is 1. The Morgan fingerprint density at radius 3 is 2.54 bits per heavy atom. The SMILES string of the molecule is O=C(COC(=O)C12CC3CC(CC(Cl)(C3)C1)C2)NCCCSc1ccccc1. The standard InChI is InChI=1S/C22H28ClNO3S/c23-22-12-16-9-17(13-22)11-21(10-16,15-22)20(26)27-14-19(25)24-7-4-8-28-18-5-2-1-3-6-18/h1-3,5-6,16-17H,4,7-15H2,(H,24,25). The largest absolute Gasteiger partial charge is 0.455 e. The van der Waals surface area contributed by atoms with E-state index < -0.39 is 5.41 Å². The topological polar surface area (TPSA) is 55.4 Å². The molecule has 5 rings (SSSR count). The number of thioether (sulfide) groups is 1. The second-order valence-electron chi connectivity index (χ2n) is 8.83. The van der Waals surface area contributed by atoms with Crippen LogP contribution in [0.25, 0.3) is 0 Å². The number of carbonyl (C=O) groups excluding carboxylic acids is 2. The number of hydrogen-bond acceptors (Lipinski definition) is 4. The Kier molecular flexibility index (Phi) is 5.93. The molecule has 0 aliphatic heterocycles. The van der Waals surface area contributed by atoms with Gasteiger partial charge in [0, 0.05) is 16.3 Å². The lowest BCUT2D eigenvalue weighted by molar-refractivity contribution is -0.171. The molecule has 2 atom stereocenters. The molecule has 0 aromatic heterocycles. The van der Waals surface area contributed by atoms with Crippen LogP contribution >= 0.6 is 23.4 Å². The summed E-state index contributed by atoms with van der Waals surface area (Å²) in [6.07, 6.45) is 6.62. The van der Waals surface area contributed by atoms with Gasteiger partial charge < -0.3 is 10.1 Å². The monoisotopic (exact) mass is 421 g/mol. The van der Waals surface area contributed by atoms with Gasteiger partial charge in [-0.15, -0.1) is 23.4 Å². The number of halogens is 1. The second kappa shape index (κ2) is 8.27. The van der Waals surface area contributed by atoms with Crippen LogP contribution in [0.15, 0.2) is 35.2 Å². The minimum absolute atomic E-state index is 0.184. The number of benzene rings is 1. The highest BCUT2D eigenvalue weighted by molar-refractivity contribution is 7.99. The van der Waals surface area contributed by atoms with Crippen LogP contribution in [-0.2, 0) is 14.3 Å². The molecule has 1 amide bonds. The van der Waals surface area contributed by atoms with Crippen molar-refractivity contribution in [2.45, 2.75) is 54.7 Å². The molecule has 4 nitrogen and oxygen atoms in total. The summed E-state index contributed by atoms with van der Waals surface area (Å²) in [5, 5.41) is 2.85. The Hall–Kier alpha value is -1.20. The fourth-order valence-corrected chi connectivity index (χ4v) is 7.30. The summed E-state index contributed by atoms with van der Waals surface area (Å²) in [5.74, 6) is 1.60. The summed E-state index contributed by atoms with van der Waals surface area (Å²) in [6, 6.07) is 10.2. The van der Waals surface area contributed by atoms with Crippen LogP contribution in [0.2, 0.25) is 0 Å².